The first kappa shape index (κ1) is 16.8. The van der Waals surface area contributed by atoms with Gasteiger partial charge in [0.2, 0.25) is 0 Å². The summed E-state index contributed by atoms with van der Waals surface area (Å²) in [6.45, 7) is 4.02. The van der Waals surface area contributed by atoms with Crippen molar-refractivity contribution in [2.75, 3.05) is 47.6 Å². The number of aromatic nitrogens is 3. The highest BCUT2D eigenvalue weighted by molar-refractivity contribution is 5.85. The van der Waals surface area contributed by atoms with Gasteiger partial charge in [0.05, 0.1) is 27.4 Å². The smallest absolute Gasteiger partial charge is 0.322 e. The topological polar surface area (TPSA) is 69.6 Å². The van der Waals surface area contributed by atoms with Gasteiger partial charge in [-0.05, 0) is 7.05 Å². The minimum absolute atomic E-state index is 0. The van der Waals surface area contributed by atoms with Gasteiger partial charge >= 0.3 is 12.0 Å². The summed E-state index contributed by atoms with van der Waals surface area (Å²) in [4.78, 5) is 13.4. The number of hydrogen-bond donors (Lipinski definition) is 0. The van der Waals surface area contributed by atoms with Gasteiger partial charge in [0, 0.05) is 13.1 Å². The molecule has 0 radical (unpaired) electrons. The quantitative estimate of drug-likeness (QED) is 0.768. The molecule has 1 aliphatic rings. The Morgan fingerprint density at radius 1 is 1.11 bits per heavy atom. The van der Waals surface area contributed by atoms with Gasteiger partial charge in [-0.3, -0.25) is 0 Å². The lowest BCUT2D eigenvalue weighted by Crippen LogP contribution is -2.32. The third kappa shape index (κ3) is 6.53. The first-order chi connectivity index (χ1) is 8.26. The molecule has 0 N–H and O–H groups in total. The zero-order valence-corrected chi connectivity index (χ0v) is 11.6. The molecule has 0 spiro atoms. The Labute approximate surface area is 113 Å². The second-order valence-electron chi connectivity index (χ2n) is 3.37. The Balaban J connectivity index is 0.000000321. The minimum Gasteiger partial charge on any atom is -0.467 e. The number of morpholine rings is 1. The van der Waals surface area contributed by atoms with E-state index in [4.69, 9.17) is 14.2 Å². The Bertz CT molecular complexity index is 304. The molecule has 0 amide bonds. The molecule has 0 aliphatic carbocycles. The molecule has 104 valence electrons. The summed E-state index contributed by atoms with van der Waals surface area (Å²) in [6.07, 6.45) is 1.32. The minimum atomic E-state index is 0. The summed E-state index contributed by atoms with van der Waals surface area (Å²) in [5.41, 5.74) is 0. The Kier molecular flexibility index (Phi) is 9.17. The maximum atomic E-state index is 5.10. The second-order valence-corrected chi connectivity index (χ2v) is 3.37. The monoisotopic (exact) mass is 278 g/mol. The number of ether oxygens (including phenoxy) is 3. The Morgan fingerprint density at radius 2 is 1.61 bits per heavy atom. The maximum absolute atomic E-state index is 5.10. The van der Waals surface area contributed by atoms with Crippen LogP contribution in [0.1, 0.15) is 0 Å². The molecule has 2 heterocycles. The van der Waals surface area contributed by atoms with Crippen LogP contribution in [0.4, 0.5) is 0 Å². The standard InChI is InChI=1S/C5H7N3O2.C5H11NO.ClH/c1-9-4-6-3-7-5(8-4)10-2;1-6-2-4-7-5-3-6;/h3H,1-2H3;2-5H2,1H3;1H. The summed E-state index contributed by atoms with van der Waals surface area (Å²) in [7, 11) is 5.08. The van der Waals surface area contributed by atoms with Crippen LogP contribution in [0.15, 0.2) is 6.33 Å². The van der Waals surface area contributed by atoms with Crippen LogP contribution in [0.5, 0.6) is 12.0 Å². The lowest BCUT2D eigenvalue weighted by molar-refractivity contribution is 0.0503. The van der Waals surface area contributed by atoms with Crippen molar-refractivity contribution >= 4 is 12.4 Å². The number of halogens is 1. The van der Waals surface area contributed by atoms with E-state index in [9.17, 15) is 0 Å². The molecule has 8 heteroatoms. The predicted molar refractivity (Wildman–Crippen MR) is 68.5 cm³/mol. The van der Waals surface area contributed by atoms with Crippen LogP contribution in [0.2, 0.25) is 0 Å². The molecule has 7 nitrogen and oxygen atoms in total. The third-order valence-corrected chi connectivity index (χ3v) is 2.13. The first-order valence-electron chi connectivity index (χ1n) is 5.29. The van der Waals surface area contributed by atoms with Crippen molar-refractivity contribution < 1.29 is 14.2 Å². The lowest BCUT2D eigenvalue weighted by Gasteiger charge is -2.21. The van der Waals surface area contributed by atoms with E-state index in [0.717, 1.165) is 26.3 Å². The van der Waals surface area contributed by atoms with E-state index in [1.807, 2.05) is 0 Å². The molecular weight excluding hydrogens is 260 g/mol. The zero-order chi connectivity index (χ0) is 12.5. The highest BCUT2D eigenvalue weighted by Gasteiger charge is 2.02. The number of hydrogen-bond acceptors (Lipinski definition) is 7. The van der Waals surface area contributed by atoms with Crippen LogP contribution in [-0.2, 0) is 4.74 Å². The molecule has 2 rings (SSSR count). The van der Waals surface area contributed by atoms with E-state index in [2.05, 4.69) is 26.9 Å². The van der Waals surface area contributed by atoms with Gasteiger partial charge < -0.3 is 19.1 Å². The van der Waals surface area contributed by atoms with E-state index < -0.39 is 0 Å². The van der Waals surface area contributed by atoms with Crippen molar-refractivity contribution in [2.24, 2.45) is 0 Å². The van der Waals surface area contributed by atoms with Crippen LogP contribution in [0.3, 0.4) is 0 Å². The summed E-state index contributed by atoms with van der Waals surface area (Å²) in [5.74, 6) is 0. The molecule has 1 aromatic heterocycles. The Morgan fingerprint density at radius 3 is 1.94 bits per heavy atom. The van der Waals surface area contributed by atoms with Crippen molar-refractivity contribution in [1.82, 2.24) is 19.9 Å². The van der Waals surface area contributed by atoms with Gasteiger partial charge in [-0.2, -0.15) is 9.97 Å². The van der Waals surface area contributed by atoms with Gasteiger partial charge in [-0.15, -0.1) is 17.4 Å². The van der Waals surface area contributed by atoms with Crippen LogP contribution in [0, 0.1) is 0 Å². The van der Waals surface area contributed by atoms with Gasteiger partial charge in [-0.1, -0.05) is 0 Å². The molecule has 1 aliphatic heterocycles. The summed E-state index contributed by atoms with van der Waals surface area (Å²) < 4.78 is 14.5. The Hall–Kier alpha value is -1.18. The molecule has 18 heavy (non-hydrogen) atoms. The highest BCUT2D eigenvalue weighted by atomic mass is 35.5. The molecule has 0 bridgehead atoms. The van der Waals surface area contributed by atoms with E-state index >= 15 is 0 Å². The molecule has 1 fully saturated rings. The van der Waals surface area contributed by atoms with Gasteiger partial charge in [0.25, 0.3) is 0 Å². The van der Waals surface area contributed by atoms with Crippen molar-refractivity contribution in [3.63, 3.8) is 0 Å². The van der Waals surface area contributed by atoms with E-state index in [1.165, 1.54) is 20.5 Å². The van der Waals surface area contributed by atoms with E-state index in [1.54, 1.807) is 0 Å². The molecule has 0 atom stereocenters. The SMILES string of the molecule is CN1CCOCC1.COc1ncnc(OC)n1.Cl. The van der Waals surface area contributed by atoms with Crippen LogP contribution >= 0.6 is 12.4 Å². The third-order valence-electron chi connectivity index (χ3n) is 2.13. The van der Waals surface area contributed by atoms with Gasteiger partial charge in [0.1, 0.15) is 6.33 Å². The van der Waals surface area contributed by atoms with Crippen LogP contribution in [-0.4, -0.2) is 67.4 Å². The number of nitrogens with zero attached hydrogens (tertiary/aromatic N) is 4. The molecule has 0 unspecified atom stereocenters. The van der Waals surface area contributed by atoms with Crippen molar-refractivity contribution in [3.8, 4) is 12.0 Å². The van der Waals surface area contributed by atoms with Crippen LogP contribution in [0.25, 0.3) is 0 Å². The first-order valence-corrected chi connectivity index (χ1v) is 5.29. The molecule has 0 saturated carbocycles. The summed E-state index contributed by atoms with van der Waals surface area (Å²) >= 11 is 0. The fourth-order valence-corrected chi connectivity index (χ4v) is 1.12. The summed E-state index contributed by atoms with van der Waals surface area (Å²) in [5, 5.41) is 0. The van der Waals surface area contributed by atoms with Crippen molar-refractivity contribution in [2.45, 2.75) is 0 Å². The summed E-state index contributed by atoms with van der Waals surface area (Å²) in [6, 6.07) is 0.513. The van der Waals surface area contributed by atoms with Crippen molar-refractivity contribution in [1.29, 1.82) is 0 Å². The molecule has 1 saturated heterocycles. The van der Waals surface area contributed by atoms with E-state index in [-0.39, 0.29) is 24.4 Å². The average molecular weight is 279 g/mol. The number of rotatable bonds is 2. The number of likely N-dealkylation sites (N-methyl/N-ethyl adjacent to an activating group) is 1. The zero-order valence-electron chi connectivity index (χ0n) is 10.8. The van der Waals surface area contributed by atoms with Gasteiger partial charge in [0.15, 0.2) is 0 Å². The van der Waals surface area contributed by atoms with Crippen LogP contribution < -0.4 is 9.47 Å². The lowest BCUT2D eigenvalue weighted by atomic mass is 10.5. The van der Waals surface area contributed by atoms with E-state index in [0.29, 0.717) is 0 Å². The average Bonchev–Trinajstić information content (AvgIpc) is 2.40. The maximum Gasteiger partial charge on any atom is 0.322 e. The highest BCUT2D eigenvalue weighted by Crippen LogP contribution is 2.03. The molecule has 1 aromatic rings. The molecular formula is C10H19ClN4O3. The van der Waals surface area contributed by atoms with Crippen molar-refractivity contribution in [3.05, 3.63) is 6.33 Å². The second kappa shape index (κ2) is 9.81. The molecule has 0 aromatic carbocycles. The fourth-order valence-electron chi connectivity index (χ4n) is 1.12. The largest absolute Gasteiger partial charge is 0.467 e. The fraction of sp³-hybridized carbons (Fsp3) is 0.700. The normalized spacial score (nSPS) is 14.8. The number of methoxy groups -OCH3 is 2. The predicted octanol–water partition coefficient (Wildman–Crippen LogP) is 0.259. The van der Waals surface area contributed by atoms with Gasteiger partial charge in [-0.25, -0.2) is 0 Å².